The number of aryl methyl sites for hydroxylation is 1. The Bertz CT molecular complexity index is 627. The normalized spacial score (nSPS) is 10.3. The zero-order valence-electron chi connectivity index (χ0n) is 11.3. The van der Waals surface area contributed by atoms with Crippen LogP contribution in [0.2, 0.25) is 0 Å². The van der Waals surface area contributed by atoms with E-state index < -0.39 is 4.92 Å². The van der Waals surface area contributed by atoms with Crippen LogP contribution in [-0.2, 0) is 6.42 Å². The van der Waals surface area contributed by atoms with Crippen LogP contribution in [0.3, 0.4) is 0 Å². The molecule has 0 fully saturated rings. The molecule has 0 bridgehead atoms. The molecule has 0 saturated heterocycles. The maximum Gasteiger partial charge on any atom is 0.353 e. The van der Waals surface area contributed by atoms with Crippen molar-refractivity contribution in [2.45, 2.75) is 13.3 Å². The standard InChI is InChI=1S/C13H15N5O2/c1-3-9-4-6-10(7-5-9)17(2)13-11(18(19)20)12(14)15-8-16-13/h4-8H,3H2,1-2H3,(H2,14,15,16). The first-order valence-electron chi connectivity index (χ1n) is 6.12. The lowest BCUT2D eigenvalue weighted by atomic mass is 10.1. The second-order valence-electron chi connectivity index (χ2n) is 4.27. The van der Waals surface area contributed by atoms with Gasteiger partial charge in [-0.05, 0) is 24.1 Å². The number of benzene rings is 1. The molecule has 20 heavy (non-hydrogen) atoms. The first-order valence-corrected chi connectivity index (χ1v) is 6.12. The number of hydrogen-bond donors (Lipinski definition) is 1. The average Bonchev–Trinajstić information content (AvgIpc) is 2.46. The van der Waals surface area contributed by atoms with Crippen molar-refractivity contribution in [1.82, 2.24) is 9.97 Å². The second-order valence-corrected chi connectivity index (χ2v) is 4.27. The van der Waals surface area contributed by atoms with Crippen molar-refractivity contribution in [3.63, 3.8) is 0 Å². The summed E-state index contributed by atoms with van der Waals surface area (Å²) in [5.74, 6) is 0.0313. The zero-order valence-corrected chi connectivity index (χ0v) is 11.3. The molecule has 104 valence electrons. The van der Waals surface area contributed by atoms with Crippen molar-refractivity contribution >= 4 is 23.0 Å². The van der Waals surface area contributed by atoms with Crippen molar-refractivity contribution in [3.8, 4) is 0 Å². The number of aromatic nitrogens is 2. The number of anilines is 3. The SMILES string of the molecule is CCc1ccc(N(C)c2ncnc(N)c2[N+](=O)[O-])cc1. The number of nitro groups is 1. The molecule has 0 atom stereocenters. The third-order valence-corrected chi connectivity index (χ3v) is 3.06. The van der Waals surface area contributed by atoms with Gasteiger partial charge in [0.25, 0.3) is 0 Å². The highest BCUT2D eigenvalue weighted by atomic mass is 16.6. The molecule has 0 saturated carbocycles. The molecule has 2 rings (SSSR count). The van der Waals surface area contributed by atoms with E-state index >= 15 is 0 Å². The summed E-state index contributed by atoms with van der Waals surface area (Å²) < 4.78 is 0. The molecule has 0 radical (unpaired) electrons. The van der Waals surface area contributed by atoms with Gasteiger partial charge in [-0.3, -0.25) is 10.1 Å². The lowest BCUT2D eigenvalue weighted by molar-refractivity contribution is -0.383. The fraction of sp³-hybridized carbons (Fsp3) is 0.231. The van der Waals surface area contributed by atoms with E-state index in [1.54, 1.807) is 11.9 Å². The molecule has 7 heteroatoms. The van der Waals surface area contributed by atoms with E-state index in [0.717, 1.165) is 12.1 Å². The fourth-order valence-electron chi connectivity index (χ4n) is 1.88. The minimum atomic E-state index is -0.568. The summed E-state index contributed by atoms with van der Waals surface area (Å²) in [5.41, 5.74) is 7.27. The van der Waals surface area contributed by atoms with E-state index in [9.17, 15) is 10.1 Å². The molecule has 1 heterocycles. The molecular formula is C13H15N5O2. The Morgan fingerprint density at radius 3 is 2.50 bits per heavy atom. The van der Waals surface area contributed by atoms with Gasteiger partial charge in [-0.25, -0.2) is 9.97 Å². The van der Waals surface area contributed by atoms with Gasteiger partial charge in [-0.1, -0.05) is 19.1 Å². The van der Waals surface area contributed by atoms with Crippen LogP contribution < -0.4 is 10.6 Å². The van der Waals surface area contributed by atoms with Gasteiger partial charge >= 0.3 is 5.69 Å². The number of nitrogens with two attached hydrogens (primary N) is 1. The Balaban J connectivity index is 2.44. The number of rotatable bonds is 4. The molecule has 0 amide bonds. The minimum Gasteiger partial charge on any atom is -0.378 e. The largest absolute Gasteiger partial charge is 0.378 e. The predicted octanol–water partition coefficient (Wildman–Crippen LogP) is 2.30. The van der Waals surface area contributed by atoms with Gasteiger partial charge in [0, 0.05) is 12.7 Å². The van der Waals surface area contributed by atoms with Crippen molar-refractivity contribution in [1.29, 1.82) is 0 Å². The monoisotopic (exact) mass is 273 g/mol. The van der Waals surface area contributed by atoms with Crippen LogP contribution >= 0.6 is 0 Å². The molecule has 1 aromatic carbocycles. The Kier molecular flexibility index (Phi) is 3.79. The smallest absolute Gasteiger partial charge is 0.353 e. The highest BCUT2D eigenvalue weighted by Crippen LogP contribution is 2.33. The quantitative estimate of drug-likeness (QED) is 0.678. The maximum atomic E-state index is 11.1. The van der Waals surface area contributed by atoms with E-state index in [2.05, 4.69) is 16.9 Å². The Labute approximate surface area is 116 Å². The van der Waals surface area contributed by atoms with Gasteiger partial charge in [-0.2, -0.15) is 0 Å². The summed E-state index contributed by atoms with van der Waals surface area (Å²) in [6.07, 6.45) is 2.15. The van der Waals surface area contributed by atoms with Gasteiger partial charge in [0.15, 0.2) is 0 Å². The van der Waals surface area contributed by atoms with Crippen molar-refractivity contribution in [3.05, 3.63) is 46.3 Å². The van der Waals surface area contributed by atoms with Crippen LogP contribution in [0, 0.1) is 10.1 Å². The third kappa shape index (κ3) is 2.51. The molecule has 0 spiro atoms. The summed E-state index contributed by atoms with van der Waals surface area (Å²) in [5, 5.41) is 11.1. The first kappa shape index (κ1) is 13.7. The van der Waals surface area contributed by atoms with Gasteiger partial charge in [0.1, 0.15) is 6.33 Å². The number of nitrogens with zero attached hydrogens (tertiary/aromatic N) is 4. The maximum absolute atomic E-state index is 11.1. The summed E-state index contributed by atoms with van der Waals surface area (Å²) in [7, 11) is 1.70. The summed E-state index contributed by atoms with van der Waals surface area (Å²) >= 11 is 0. The van der Waals surface area contributed by atoms with Crippen LogP contribution in [-0.4, -0.2) is 21.9 Å². The molecule has 1 aromatic heterocycles. The fourth-order valence-corrected chi connectivity index (χ4v) is 1.88. The highest BCUT2D eigenvalue weighted by molar-refractivity contribution is 5.73. The molecule has 2 N–H and O–H groups in total. The number of hydrogen-bond acceptors (Lipinski definition) is 6. The van der Waals surface area contributed by atoms with Gasteiger partial charge in [-0.15, -0.1) is 0 Å². The lowest BCUT2D eigenvalue weighted by Gasteiger charge is -2.18. The average molecular weight is 273 g/mol. The van der Waals surface area contributed by atoms with E-state index in [1.807, 2.05) is 24.3 Å². The molecule has 2 aromatic rings. The van der Waals surface area contributed by atoms with Gasteiger partial charge in [0.05, 0.1) is 4.92 Å². The van der Waals surface area contributed by atoms with Crippen LogP contribution in [0.1, 0.15) is 12.5 Å². The van der Waals surface area contributed by atoms with E-state index in [-0.39, 0.29) is 17.3 Å². The van der Waals surface area contributed by atoms with Crippen molar-refractivity contribution < 1.29 is 4.92 Å². The van der Waals surface area contributed by atoms with Crippen molar-refractivity contribution in [2.24, 2.45) is 0 Å². The predicted molar refractivity (Wildman–Crippen MR) is 77.0 cm³/mol. The first-order chi connectivity index (χ1) is 9.54. The van der Waals surface area contributed by atoms with E-state index in [1.165, 1.54) is 11.9 Å². The Morgan fingerprint density at radius 2 is 1.95 bits per heavy atom. The Hall–Kier alpha value is -2.70. The Morgan fingerprint density at radius 1 is 1.30 bits per heavy atom. The molecule has 0 aliphatic carbocycles. The zero-order chi connectivity index (χ0) is 14.7. The number of nitrogen functional groups attached to an aromatic ring is 1. The molecular weight excluding hydrogens is 258 g/mol. The summed E-state index contributed by atoms with van der Waals surface area (Å²) in [4.78, 5) is 19.8. The topological polar surface area (TPSA) is 98.2 Å². The van der Waals surface area contributed by atoms with Gasteiger partial charge in [0.2, 0.25) is 11.6 Å². The third-order valence-electron chi connectivity index (χ3n) is 3.06. The second kappa shape index (κ2) is 5.52. The lowest BCUT2D eigenvalue weighted by Crippen LogP contribution is -2.15. The molecule has 7 nitrogen and oxygen atoms in total. The minimum absolute atomic E-state index is 0.142. The summed E-state index contributed by atoms with van der Waals surface area (Å²) in [6, 6.07) is 7.73. The van der Waals surface area contributed by atoms with Gasteiger partial charge < -0.3 is 10.6 Å². The molecule has 0 aliphatic heterocycles. The van der Waals surface area contributed by atoms with Crippen molar-refractivity contribution in [2.75, 3.05) is 17.7 Å². The van der Waals surface area contributed by atoms with E-state index in [0.29, 0.717) is 0 Å². The van der Waals surface area contributed by atoms with Crippen LogP contribution in [0.25, 0.3) is 0 Å². The molecule has 0 unspecified atom stereocenters. The highest BCUT2D eigenvalue weighted by Gasteiger charge is 2.24. The van der Waals surface area contributed by atoms with E-state index in [4.69, 9.17) is 5.73 Å². The molecule has 0 aliphatic rings. The van der Waals surface area contributed by atoms with Crippen LogP contribution in [0.4, 0.5) is 23.0 Å². The summed E-state index contributed by atoms with van der Waals surface area (Å²) in [6.45, 7) is 2.06. The van der Waals surface area contributed by atoms with Crippen LogP contribution in [0.15, 0.2) is 30.6 Å². The van der Waals surface area contributed by atoms with Crippen LogP contribution in [0.5, 0.6) is 0 Å².